The highest BCUT2D eigenvalue weighted by atomic mass is 19.1. The van der Waals surface area contributed by atoms with Crippen molar-refractivity contribution in [3.8, 4) is 0 Å². The Balaban J connectivity index is 1.96. The summed E-state index contributed by atoms with van der Waals surface area (Å²) in [5, 5.41) is 6.33. The zero-order valence-electron chi connectivity index (χ0n) is 11.7. The van der Waals surface area contributed by atoms with Crippen LogP contribution in [0.3, 0.4) is 0 Å². The number of aromatic nitrogens is 2. The van der Waals surface area contributed by atoms with E-state index >= 15 is 0 Å². The number of halogens is 1. The molecule has 0 saturated heterocycles. The van der Waals surface area contributed by atoms with Gasteiger partial charge in [-0.2, -0.15) is 0 Å². The van der Waals surface area contributed by atoms with E-state index < -0.39 is 0 Å². The van der Waals surface area contributed by atoms with Crippen LogP contribution in [0.2, 0.25) is 0 Å². The second kappa shape index (κ2) is 6.84. The first-order chi connectivity index (χ1) is 9.65. The molecule has 0 aliphatic rings. The Hall–Kier alpha value is -2.17. The molecule has 0 unspecified atom stereocenters. The fraction of sp³-hybridized carbons (Fsp3) is 0.333. The lowest BCUT2D eigenvalue weighted by Gasteiger charge is -2.10. The van der Waals surface area contributed by atoms with E-state index in [9.17, 15) is 4.39 Å². The third-order valence-corrected chi connectivity index (χ3v) is 2.78. The van der Waals surface area contributed by atoms with Crippen molar-refractivity contribution in [2.24, 2.45) is 5.92 Å². The molecule has 2 N–H and O–H groups in total. The van der Waals surface area contributed by atoms with Crippen LogP contribution in [0.4, 0.5) is 16.0 Å². The topological polar surface area (TPSA) is 49.8 Å². The molecule has 4 nitrogen and oxygen atoms in total. The first-order valence-corrected chi connectivity index (χ1v) is 6.68. The molecular weight excluding hydrogens is 255 g/mol. The van der Waals surface area contributed by atoms with Crippen molar-refractivity contribution in [1.29, 1.82) is 0 Å². The van der Waals surface area contributed by atoms with E-state index in [-0.39, 0.29) is 5.82 Å². The average molecular weight is 274 g/mol. The van der Waals surface area contributed by atoms with Crippen molar-refractivity contribution >= 4 is 11.6 Å². The summed E-state index contributed by atoms with van der Waals surface area (Å²) < 4.78 is 13.5. The van der Waals surface area contributed by atoms with E-state index in [4.69, 9.17) is 0 Å². The van der Waals surface area contributed by atoms with Crippen molar-refractivity contribution < 1.29 is 4.39 Å². The molecule has 0 fully saturated rings. The smallest absolute Gasteiger partial charge is 0.131 e. The summed E-state index contributed by atoms with van der Waals surface area (Å²) in [5.41, 5.74) is 0.614. The molecule has 2 rings (SSSR count). The summed E-state index contributed by atoms with van der Waals surface area (Å²) in [6.45, 7) is 5.51. The first-order valence-electron chi connectivity index (χ1n) is 6.68. The van der Waals surface area contributed by atoms with Crippen LogP contribution in [0.15, 0.2) is 36.7 Å². The van der Waals surface area contributed by atoms with Gasteiger partial charge in [0.25, 0.3) is 0 Å². The Morgan fingerprint density at radius 1 is 1.10 bits per heavy atom. The van der Waals surface area contributed by atoms with Crippen molar-refractivity contribution in [3.05, 3.63) is 48.0 Å². The second-order valence-electron chi connectivity index (χ2n) is 5.01. The predicted octanol–water partition coefficient (Wildman–Crippen LogP) is 3.30. The summed E-state index contributed by atoms with van der Waals surface area (Å²) in [7, 11) is 0. The van der Waals surface area contributed by atoms with Crippen molar-refractivity contribution in [3.63, 3.8) is 0 Å². The molecule has 5 heteroatoms. The number of nitrogens with one attached hydrogen (secondary N) is 2. The second-order valence-corrected chi connectivity index (χ2v) is 5.01. The summed E-state index contributed by atoms with van der Waals surface area (Å²) in [6, 6.07) is 8.52. The van der Waals surface area contributed by atoms with Gasteiger partial charge in [-0.1, -0.05) is 32.0 Å². The van der Waals surface area contributed by atoms with Gasteiger partial charge in [-0.05, 0) is 12.0 Å². The number of nitrogens with zero attached hydrogens (tertiary/aromatic N) is 2. The lowest BCUT2D eigenvalue weighted by atomic mass is 10.2. The van der Waals surface area contributed by atoms with E-state index in [1.165, 1.54) is 12.4 Å². The van der Waals surface area contributed by atoms with Crippen LogP contribution in [0.25, 0.3) is 0 Å². The minimum Gasteiger partial charge on any atom is -0.370 e. The molecule has 1 aromatic carbocycles. The van der Waals surface area contributed by atoms with Gasteiger partial charge in [0.1, 0.15) is 23.8 Å². The molecule has 0 aliphatic heterocycles. The Morgan fingerprint density at radius 3 is 2.50 bits per heavy atom. The third kappa shape index (κ3) is 4.19. The predicted molar refractivity (Wildman–Crippen MR) is 79.1 cm³/mol. The van der Waals surface area contributed by atoms with Crippen LogP contribution < -0.4 is 10.6 Å². The first kappa shape index (κ1) is 14.2. The van der Waals surface area contributed by atoms with Gasteiger partial charge in [0.05, 0.1) is 0 Å². The fourth-order valence-corrected chi connectivity index (χ4v) is 1.69. The lowest BCUT2D eigenvalue weighted by Crippen LogP contribution is -2.10. The molecule has 1 heterocycles. The Labute approximate surface area is 118 Å². The van der Waals surface area contributed by atoms with Gasteiger partial charge in [0, 0.05) is 24.7 Å². The lowest BCUT2D eigenvalue weighted by molar-refractivity contribution is 0.613. The quantitative estimate of drug-likeness (QED) is 0.848. The third-order valence-electron chi connectivity index (χ3n) is 2.78. The van der Waals surface area contributed by atoms with Crippen molar-refractivity contribution in [2.75, 3.05) is 17.2 Å². The maximum absolute atomic E-state index is 13.5. The normalized spacial score (nSPS) is 10.6. The minimum absolute atomic E-state index is 0.216. The molecule has 0 atom stereocenters. The molecule has 1 aromatic heterocycles. The molecule has 0 amide bonds. The SMILES string of the molecule is CC(C)CNc1cc(NCc2ccccc2F)ncn1. The molecule has 0 spiro atoms. The Bertz CT molecular complexity index is 557. The Kier molecular flexibility index (Phi) is 4.87. The van der Waals surface area contributed by atoms with Gasteiger partial charge in [-0.15, -0.1) is 0 Å². The van der Waals surface area contributed by atoms with Gasteiger partial charge in [-0.25, -0.2) is 14.4 Å². The fourth-order valence-electron chi connectivity index (χ4n) is 1.69. The molecule has 2 aromatic rings. The van der Waals surface area contributed by atoms with E-state index in [1.807, 2.05) is 12.1 Å². The molecule has 106 valence electrons. The van der Waals surface area contributed by atoms with E-state index in [0.29, 0.717) is 23.8 Å². The van der Waals surface area contributed by atoms with Gasteiger partial charge in [0.15, 0.2) is 0 Å². The largest absolute Gasteiger partial charge is 0.370 e. The van der Waals surface area contributed by atoms with Crippen LogP contribution in [-0.2, 0) is 6.54 Å². The molecule has 20 heavy (non-hydrogen) atoms. The summed E-state index contributed by atoms with van der Waals surface area (Å²) >= 11 is 0. The zero-order valence-corrected chi connectivity index (χ0v) is 11.7. The monoisotopic (exact) mass is 274 g/mol. The molecule has 0 aliphatic carbocycles. The number of hydrogen-bond acceptors (Lipinski definition) is 4. The highest BCUT2D eigenvalue weighted by Gasteiger charge is 2.02. The highest BCUT2D eigenvalue weighted by Crippen LogP contribution is 2.12. The standard InChI is InChI=1S/C15H19FN4/c1-11(2)8-17-14-7-15(20-10-19-14)18-9-12-5-3-4-6-13(12)16/h3-7,10-11H,8-9H2,1-2H3,(H2,17,18,19,20). The van der Waals surface area contributed by atoms with Crippen LogP contribution in [0.5, 0.6) is 0 Å². The van der Waals surface area contributed by atoms with Gasteiger partial charge in [0.2, 0.25) is 0 Å². The zero-order chi connectivity index (χ0) is 14.4. The van der Waals surface area contributed by atoms with Crippen LogP contribution >= 0.6 is 0 Å². The van der Waals surface area contributed by atoms with E-state index in [2.05, 4.69) is 34.4 Å². The summed E-state index contributed by atoms with van der Waals surface area (Å²) in [4.78, 5) is 8.27. The number of rotatable bonds is 6. The number of hydrogen-bond donors (Lipinski definition) is 2. The summed E-state index contributed by atoms with van der Waals surface area (Å²) in [6.07, 6.45) is 1.49. The summed E-state index contributed by atoms with van der Waals surface area (Å²) in [5.74, 6) is 1.77. The highest BCUT2D eigenvalue weighted by molar-refractivity contribution is 5.46. The van der Waals surface area contributed by atoms with Crippen molar-refractivity contribution in [1.82, 2.24) is 9.97 Å². The maximum Gasteiger partial charge on any atom is 0.131 e. The Morgan fingerprint density at radius 2 is 1.80 bits per heavy atom. The van der Waals surface area contributed by atoms with Gasteiger partial charge in [-0.3, -0.25) is 0 Å². The van der Waals surface area contributed by atoms with Crippen LogP contribution in [0, 0.1) is 11.7 Å². The molecule has 0 saturated carbocycles. The van der Waals surface area contributed by atoms with Gasteiger partial charge >= 0.3 is 0 Å². The van der Waals surface area contributed by atoms with Gasteiger partial charge < -0.3 is 10.6 Å². The number of benzene rings is 1. The van der Waals surface area contributed by atoms with E-state index in [1.54, 1.807) is 12.1 Å². The van der Waals surface area contributed by atoms with E-state index in [0.717, 1.165) is 12.4 Å². The minimum atomic E-state index is -0.216. The van der Waals surface area contributed by atoms with Crippen LogP contribution in [-0.4, -0.2) is 16.5 Å². The van der Waals surface area contributed by atoms with Crippen molar-refractivity contribution in [2.45, 2.75) is 20.4 Å². The molecular formula is C15H19FN4. The van der Waals surface area contributed by atoms with Crippen LogP contribution in [0.1, 0.15) is 19.4 Å². The average Bonchev–Trinajstić information content (AvgIpc) is 2.45. The maximum atomic E-state index is 13.5. The molecule has 0 bridgehead atoms. The molecule has 0 radical (unpaired) electrons. The number of anilines is 2.